The van der Waals surface area contributed by atoms with Crippen LogP contribution in [0.3, 0.4) is 0 Å². The Morgan fingerprint density at radius 1 is 1.25 bits per heavy atom. The van der Waals surface area contributed by atoms with Crippen LogP contribution in [0.15, 0.2) is 36.5 Å². The van der Waals surface area contributed by atoms with E-state index in [1.165, 1.54) is 16.0 Å². The van der Waals surface area contributed by atoms with Gasteiger partial charge in [0, 0.05) is 16.6 Å². The molecular weight excluding hydrogens is 216 g/mol. The molecule has 0 bridgehead atoms. The zero-order valence-electron chi connectivity index (χ0n) is 9.02. The first kappa shape index (κ1) is 10.00. The predicted molar refractivity (Wildman–Crippen MR) is 66.4 cm³/mol. The van der Waals surface area contributed by atoms with E-state index < -0.39 is 0 Å². The summed E-state index contributed by atoms with van der Waals surface area (Å²) in [5, 5.41) is 0. The average Bonchev–Trinajstić information content (AvgIpc) is 2.77. The van der Waals surface area contributed by atoms with Crippen LogP contribution in [-0.4, -0.2) is 4.37 Å². The topological polar surface area (TPSA) is 38.9 Å². The number of nitrogens with zero attached hydrogens (tertiary/aromatic N) is 1. The molecule has 0 amide bonds. The molecular formula is C13H14N2S. The van der Waals surface area contributed by atoms with Crippen molar-refractivity contribution in [2.75, 3.05) is 0 Å². The van der Waals surface area contributed by atoms with Crippen LogP contribution in [0.25, 0.3) is 0 Å². The summed E-state index contributed by atoms with van der Waals surface area (Å²) in [5.41, 5.74) is 8.91. The molecule has 1 aromatic heterocycles. The van der Waals surface area contributed by atoms with Gasteiger partial charge in [0.05, 0.1) is 0 Å². The number of fused-ring (bicyclic) bond motifs is 1. The van der Waals surface area contributed by atoms with Crippen molar-refractivity contribution in [2.24, 2.45) is 5.73 Å². The maximum Gasteiger partial charge on any atom is 0.0454 e. The smallest absolute Gasteiger partial charge is 0.0454 e. The molecule has 0 saturated heterocycles. The summed E-state index contributed by atoms with van der Waals surface area (Å²) in [5.74, 6) is 0. The largest absolute Gasteiger partial charge is 0.321 e. The van der Waals surface area contributed by atoms with Crippen LogP contribution in [0.4, 0.5) is 0 Å². The Kier molecular flexibility index (Phi) is 2.30. The maximum atomic E-state index is 6.53. The van der Waals surface area contributed by atoms with Gasteiger partial charge in [0.1, 0.15) is 0 Å². The van der Waals surface area contributed by atoms with Gasteiger partial charge in [-0.2, -0.15) is 0 Å². The van der Waals surface area contributed by atoms with Crippen LogP contribution in [0.1, 0.15) is 22.4 Å². The van der Waals surface area contributed by atoms with Gasteiger partial charge in [0.15, 0.2) is 0 Å². The van der Waals surface area contributed by atoms with Crippen molar-refractivity contribution in [1.82, 2.24) is 4.37 Å². The lowest BCUT2D eigenvalue weighted by Gasteiger charge is -2.33. The van der Waals surface area contributed by atoms with Gasteiger partial charge >= 0.3 is 0 Å². The van der Waals surface area contributed by atoms with Gasteiger partial charge in [0.2, 0.25) is 0 Å². The summed E-state index contributed by atoms with van der Waals surface area (Å²) >= 11 is 1.62. The molecule has 3 heteroatoms. The summed E-state index contributed by atoms with van der Waals surface area (Å²) in [7, 11) is 0. The Morgan fingerprint density at radius 2 is 2.06 bits per heavy atom. The molecule has 0 spiro atoms. The minimum atomic E-state index is -0.197. The third-order valence-electron chi connectivity index (χ3n) is 3.38. The molecule has 1 unspecified atom stereocenters. The number of benzene rings is 1. The molecule has 1 aliphatic carbocycles. The zero-order valence-corrected chi connectivity index (χ0v) is 9.83. The van der Waals surface area contributed by atoms with E-state index in [1.54, 1.807) is 11.5 Å². The van der Waals surface area contributed by atoms with Crippen LogP contribution >= 0.6 is 11.5 Å². The first-order valence-corrected chi connectivity index (χ1v) is 6.32. The van der Waals surface area contributed by atoms with Crippen molar-refractivity contribution in [2.45, 2.75) is 24.8 Å². The molecule has 2 N–H and O–H groups in total. The molecule has 2 aromatic rings. The molecule has 3 rings (SSSR count). The van der Waals surface area contributed by atoms with Crippen molar-refractivity contribution in [3.05, 3.63) is 52.5 Å². The fraction of sp³-hybridized carbons (Fsp3) is 0.308. The SMILES string of the molecule is NC1(c2ccccc2)CCc2sncc2C1. The van der Waals surface area contributed by atoms with E-state index in [1.807, 2.05) is 12.3 Å². The molecule has 2 nitrogen and oxygen atoms in total. The number of hydrogen-bond donors (Lipinski definition) is 1. The Labute approximate surface area is 99.3 Å². The maximum absolute atomic E-state index is 6.53. The molecule has 0 radical (unpaired) electrons. The molecule has 1 heterocycles. The van der Waals surface area contributed by atoms with Crippen LogP contribution in [0.2, 0.25) is 0 Å². The van der Waals surface area contributed by atoms with Gasteiger partial charge < -0.3 is 5.73 Å². The van der Waals surface area contributed by atoms with E-state index >= 15 is 0 Å². The molecule has 0 aliphatic heterocycles. The minimum absolute atomic E-state index is 0.197. The first-order chi connectivity index (χ1) is 7.78. The minimum Gasteiger partial charge on any atom is -0.321 e. The summed E-state index contributed by atoms with van der Waals surface area (Å²) in [6.45, 7) is 0. The fourth-order valence-corrected chi connectivity index (χ4v) is 3.16. The third kappa shape index (κ3) is 1.56. The summed E-state index contributed by atoms with van der Waals surface area (Å²) in [6, 6.07) is 10.4. The number of hydrogen-bond acceptors (Lipinski definition) is 3. The summed E-state index contributed by atoms with van der Waals surface area (Å²) in [6.07, 6.45) is 4.98. The van der Waals surface area contributed by atoms with Gasteiger partial charge in [-0.05, 0) is 41.9 Å². The second kappa shape index (κ2) is 3.68. The van der Waals surface area contributed by atoms with Gasteiger partial charge in [-0.1, -0.05) is 30.3 Å². The molecule has 82 valence electrons. The fourth-order valence-electron chi connectivity index (χ4n) is 2.42. The van der Waals surface area contributed by atoms with Gasteiger partial charge in [-0.25, -0.2) is 4.37 Å². The van der Waals surface area contributed by atoms with Crippen LogP contribution < -0.4 is 5.73 Å². The molecule has 0 fully saturated rings. The van der Waals surface area contributed by atoms with Crippen LogP contribution in [-0.2, 0) is 18.4 Å². The molecule has 16 heavy (non-hydrogen) atoms. The lowest BCUT2D eigenvalue weighted by Crippen LogP contribution is -2.41. The van der Waals surface area contributed by atoms with Crippen molar-refractivity contribution >= 4 is 11.5 Å². The van der Waals surface area contributed by atoms with E-state index in [4.69, 9.17) is 5.73 Å². The Balaban J connectivity index is 1.98. The van der Waals surface area contributed by atoms with E-state index in [9.17, 15) is 0 Å². The summed E-state index contributed by atoms with van der Waals surface area (Å²) < 4.78 is 4.25. The monoisotopic (exact) mass is 230 g/mol. The lowest BCUT2D eigenvalue weighted by molar-refractivity contribution is 0.388. The first-order valence-electron chi connectivity index (χ1n) is 5.55. The number of aryl methyl sites for hydroxylation is 1. The van der Waals surface area contributed by atoms with E-state index in [2.05, 4.69) is 28.6 Å². The normalized spacial score (nSPS) is 24.1. The Bertz CT molecular complexity index is 492. The van der Waals surface area contributed by atoms with Crippen LogP contribution in [0.5, 0.6) is 0 Å². The average molecular weight is 230 g/mol. The van der Waals surface area contributed by atoms with Crippen molar-refractivity contribution in [3.8, 4) is 0 Å². The standard InChI is InChI=1S/C13H14N2S/c14-13(11-4-2-1-3-5-11)7-6-12-10(8-13)9-15-16-12/h1-5,9H,6-8,14H2. The van der Waals surface area contributed by atoms with Gasteiger partial charge in [0.25, 0.3) is 0 Å². The van der Waals surface area contributed by atoms with Crippen molar-refractivity contribution in [3.63, 3.8) is 0 Å². The highest BCUT2D eigenvalue weighted by molar-refractivity contribution is 7.05. The Hall–Kier alpha value is -1.19. The van der Waals surface area contributed by atoms with E-state index in [-0.39, 0.29) is 5.54 Å². The highest BCUT2D eigenvalue weighted by atomic mass is 32.1. The van der Waals surface area contributed by atoms with Crippen molar-refractivity contribution in [1.29, 1.82) is 0 Å². The lowest BCUT2D eigenvalue weighted by atomic mass is 9.77. The predicted octanol–water partition coefficient (Wildman–Crippen LogP) is 2.49. The highest BCUT2D eigenvalue weighted by Gasteiger charge is 2.32. The third-order valence-corrected chi connectivity index (χ3v) is 4.28. The van der Waals surface area contributed by atoms with E-state index in [0.717, 1.165) is 19.3 Å². The Morgan fingerprint density at radius 3 is 2.88 bits per heavy atom. The van der Waals surface area contributed by atoms with Crippen LogP contribution in [0, 0.1) is 0 Å². The second-order valence-electron chi connectivity index (χ2n) is 4.47. The molecule has 0 saturated carbocycles. The van der Waals surface area contributed by atoms with Gasteiger partial charge in [-0.15, -0.1) is 0 Å². The summed E-state index contributed by atoms with van der Waals surface area (Å²) in [4.78, 5) is 1.41. The number of rotatable bonds is 1. The second-order valence-corrected chi connectivity index (χ2v) is 5.36. The number of aromatic nitrogens is 1. The zero-order chi connectivity index (χ0) is 11.0. The quantitative estimate of drug-likeness (QED) is 0.817. The number of nitrogens with two attached hydrogens (primary N) is 1. The molecule has 1 aromatic carbocycles. The highest BCUT2D eigenvalue weighted by Crippen LogP contribution is 2.35. The van der Waals surface area contributed by atoms with Gasteiger partial charge in [-0.3, -0.25) is 0 Å². The molecule has 1 aliphatic rings. The van der Waals surface area contributed by atoms with E-state index in [0.29, 0.717) is 0 Å². The molecule has 1 atom stereocenters. The van der Waals surface area contributed by atoms with Crippen molar-refractivity contribution < 1.29 is 0 Å².